The first kappa shape index (κ1) is 13.6. The van der Waals surface area contributed by atoms with E-state index < -0.39 is 0 Å². The fourth-order valence-electron chi connectivity index (χ4n) is 1.82. The molecule has 0 spiro atoms. The number of aryl methyl sites for hydroxylation is 1. The standard InChI is InChI=1S/C14H14BrN3O/c1-10-14(15)11(2)18(17-10)7-8-19-13-6-4-3-5-12(13)9-16/h3-6H,7-8H2,1-2H3. The van der Waals surface area contributed by atoms with Crippen molar-refractivity contribution in [3.8, 4) is 11.8 Å². The van der Waals surface area contributed by atoms with Gasteiger partial charge in [0.1, 0.15) is 18.4 Å². The molecule has 0 bridgehead atoms. The summed E-state index contributed by atoms with van der Waals surface area (Å²) in [6.45, 7) is 5.10. The highest BCUT2D eigenvalue weighted by Crippen LogP contribution is 2.20. The quantitative estimate of drug-likeness (QED) is 0.869. The molecule has 0 unspecified atom stereocenters. The number of para-hydroxylation sites is 1. The first-order valence-corrected chi connectivity index (χ1v) is 6.74. The third kappa shape index (κ3) is 2.96. The second kappa shape index (κ2) is 5.89. The number of nitrogens with zero attached hydrogens (tertiary/aromatic N) is 3. The Morgan fingerprint density at radius 1 is 1.37 bits per heavy atom. The van der Waals surface area contributed by atoms with Crippen molar-refractivity contribution >= 4 is 15.9 Å². The Labute approximate surface area is 120 Å². The van der Waals surface area contributed by atoms with Gasteiger partial charge in [-0.25, -0.2) is 0 Å². The van der Waals surface area contributed by atoms with Gasteiger partial charge in [0.05, 0.1) is 22.3 Å². The van der Waals surface area contributed by atoms with E-state index in [4.69, 9.17) is 10.00 Å². The monoisotopic (exact) mass is 319 g/mol. The molecule has 0 saturated carbocycles. The minimum Gasteiger partial charge on any atom is -0.490 e. The number of hydrogen-bond acceptors (Lipinski definition) is 3. The van der Waals surface area contributed by atoms with Crippen LogP contribution in [0.25, 0.3) is 0 Å². The smallest absolute Gasteiger partial charge is 0.137 e. The van der Waals surface area contributed by atoms with Gasteiger partial charge in [0, 0.05) is 5.69 Å². The number of halogens is 1. The van der Waals surface area contributed by atoms with Crippen molar-refractivity contribution in [3.05, 3.63) is 45.7 Å². The molecular formula is C14H14BrN3O. The maximum absolute atomic E-state index is 8.96. The number of ether oxygens (including phenoxy) is 1. The fraction of sp³-hybridized carbons (Fsp3) is 0.286. The van der Waals surface area contributed by atoms with Gasteiger partial charge < -0.3 is 4.74 Å². The Hall–Kier alpha value is -1.80. The van der Waals surface area contributed by atoms with Crippen LogP contribution < -0.4 is 4.74 Å². The van der Waals surface area contributed by atoms with Gasteiger partial charge in [0.2, 0.25) is 0 Å². The summed E-state index contributed by atoms with van der Waals surface area (Å²) in [6.07, 6.45) is 0. The largest absolute Gasteiger partial charge is 0.490 e. The molecule has 2 aromatic rings. The van der Waals surface area contributed by atoms with Crippen molar-refractivity contribution in [1.82, 2.24) is 9.78 Å². The number of aromatic nitrogens is 2. The first-order valence-electron chi connectivity index (χ1n) is 5.95. The Morgan fingerprint density at radius 2 is 2.11 bits per heavy atom. The molecule has 4 nitrogen and oxygen atoms in total. The lowest BCUT2D eigenvalue weighted by atomic mass is 10.2. The van der Waals surface area contributed by atoms with Crippen LogP contribution in [0.1, 0.15) is 17.0 Å². The van der Waals surface area contributed by atoms with Crippen molar-refractivity contribution in [2.75, 3.05) is 6.61 Å². The number of hydrogen-bond donors (Lipinski definition) is 0. The molecule has 0 radical (unpaired) electrons. The third-order valence-corrected chi connectivity index (χ3v) is 4.01. The lowest BCUT2D eigenvalue weighted by Crippen LogP contribution is -2.11. The van der Waals surface area contributed by atoms with Crippen molar-refractivity contribution in [2.45, 2.75) is 20.4 Å². The van der Waals surface area contributed by atoms with Crippen molar-refractivity contribution in [2.24, 2.45) is 0 Å². The van der Waals surface area contributed by atoms with Gasteiger partial charge in [-0.2, -0.15) is 10.4 Å². The molecular weight excluding hydrogens is 306 g/mol. The molecule has 19 heavy (non-hydrogen) atoms. The van der Waals surface area contributed by atoms with E-state index in [0.29, 0.717) is 24.5 Å². The zero-order valence-corrected chi connectivity index (χ0v) is 12.4. The summed E-state index contributed by atoms with van der Waals surface area (Å²) < 4.78 is 8.57. The maximum atomic E-state index is 8.96. The zero-order valence-electron chi connectivity index (χ0n) is 10.9. The van der Waals surface area contributed by atoms with Crippen LogP contribution in [0.4, 0.5) is 0 Å². The average molecular weight is 320 g/mol. The topological polar surface area (TPSA) is 50.8 Å². The van der Waals surface area contributed by atoms with Crippen LogP contribution in [0.15, 0.2) is 28.7 Å². The maximum Gasteiger partial charge on any atom is 0.137 e. The number of rotatable bonds is 4. The molecule has 0 aliphatic carbocycles. The van der Waals surface area contributed by atoms with Crippen molar-refractivity contribution in [3.63, 3.8) is 0 Å². The van der Waals surface area contributed by atoms with E-state index in [1.807, 2.05) is 30.7 Å². The highest BCUT2D eigenvalue weighted by molar-refractivity contribution is 9.10. The van der Waals surface area contributed by atoms with E-state index >= 15 is 0 Å². The van der Waals surface area contributed by atoms with E-state index in [1.54, 1.807) is 12.1 Å². The van der Waals surface area contributed by atoms with Gasteiger partial charge in [-0.15, -0.1) is 0 Å². The van der Waals surface area contributed by atoms with Crippen LogP contribution in [-0.4, -0.2) is 16.4 Å². The second-order valence-corrected chi connectivity index (χ2v) is 4.96. The minimum atomic E-state index is 0.479. The van der Waals surface area contributed by atoms with Crippen LogP contribution in [0.3, 0.4) is 0 Å². The first-order chi connectivity index (χ1) is 9.13. The van der Waals surface area contributed by atoms with Gasteiger partial charge in [-0.1, -0.05) is 12.1 Å². The Morgan fingerprint density at radius 3 is 2.74 bits per heavy atom. The van der Waals surface area contributed by atoms with E-state index in [9.17, 15) is 0 Å². The minimum absolute atomic E-state index is 0.479. The SMILES string of the molecule is Cc1nn(CCOc2ccccc2C#N)c(C)c1Br. The molecule has 1 aromatic heterocycles. The van der Waals surface area contributed by atoms with Gasteiger partial charge in [0.15, 0.2) is 0 Å². The summed E-state index contributed by atoms with van der Waals surface area (Å²) in [7, 11) is 0. The summed E-state index contributed by atoms with van der Waals surface area (Å²) >= 11 is 3.49. The summed E-state index contributed by atoms with van der Waals surface area (Å²) in [4.78, 5) is 0. The number of benzene rings is 1. The zero-order chi connectivity index (χ0) is 13.8. The van der Waals surface area contributed by atoms with E-state index in [0.717, 1.165) is 15.9 Å². The highest BCUT2D eigenvalue weighted by Gasteiger charge is 2.08. The fourth-order valence-corrected chi connectivity index (χ4v) is 2.10. The molecule has 0 aliphatic heterocycles. The van der Waals surface area contributed by atoms with Gasteiger partial charge in [0.25, 0.3) is 0 Å². The van der Waals surface area contributed by atoms with E-state index in [-0.39, 0.29) is 0 Å². The molecule has 0 aliphatic rings. The molecule has 0 atom stereocenters. The average Bonchev–Trinajstić information content (AvgIpc) is 2.67. The molecule has 1 heterocycles. The molecule has 0 saturated heterocycles. The van der Waals surface area contributed by atoms with Crippen LogP contribution in [-0.2, 0) is 6.54 Å². The van der Waals surface area contributed by atoms with E-state index in [1.165, 1.54) is 0 Å². The van der Waals surface area contributed by atoms with Gasteiger partial charge in [-0.3, -0.25) is 4.68 Å². The summed E-state index contributed by atoms with van der Waals surface area (Å²) in [5, 5.41) is 13.4. The molecule has 0 amide bonds. The third-order valence-electron chi connectivity index (χ3n) is 2.86. The van der Waals surface area contributed by atoms with Crippen LogP contribution >= 0.6 is 15.9 Å². The van der Waals surface area contributed by atoms with Gasteiger partial charge >= 0.3 is 0 Å². The molecule has 0 N–H and O–H groups in total. The molecule has 5 heteroatoms. The Kier molecular flexibility index (Phi) is 4.23. The van der Waals surface area contributed by atoms with Crippen LogP contribution in [0.2, 0.25) is 0 Å². The normalized spacial score (nSPS) is 10.2. The summed E-state index contributed by atoms with van der Waals surface area (Å²) in [6, 6.07) is 9.34. The predicted molar refractivity (Wildman–Crippen MR) is 76.1 cm³/mol. The highest BCUT2D eigenvalue weighted by atomic mass is 79.9. The van der Waals surface area contributed by atoms with Crippen molar-refractivity contribution in [1.29, 1.82) is 5.26 Å². The van der Waals surface area contributed by atoms with E-state index in [2.05, 4.69) is 27.1 Å². The lowest BCUT2D eigenvalue weighted by Gasteiger charge is -2.08. The summed E-state index contributed by atoms with van der Waals surface area (Å²) in [5.41, 5.74) is 2.60. The number of nitriles is 1. The molecule has 2 rings (SSSR count). The lowest BCUT2D eigenvalue weighted by molar-refractivity contribution is 0.289. The second-order valence-electron chi connectivity index (χ2n) is 4.16. The predicted octanol–water partition coefficient (Wildman–Crippen LogP) is 3.21. The molecule has 1 aromatic carbocycles. The van der Waals surface area contributed by atoms with Gasteiger partial charge in [-0.05, 0) is 41.9 Å². The van der Waals surface area contributed by atoms with Crippen molar-refractivity contribution < 1.29 is 4.74 Å². The Balaban J connectivity index is 2.01. The molecule has 0 fully saturated rings. The summed E-state index contributed by atoms with van der Waals surface area (Å²) in [5.74, 6) is 0.616. The van der Waals surface area contributed by atoms with Crippen LogP contribution in [0.5, 0.6) is 5.75 Å². The Bertz CT molecular complexity index is 628. The molecule has 98 valence electrons. The van der Waals surface area contributed by atoms with Crippen LogP contribution in [0, 0.1) is 25.2 Å².